The number of carbonyl (C=O) groups excluding carboxylic acids is 1. The number of amides is 1. The van der Waals surface area contributed by atoms with Crippen LogP contribution in [0.25, 0.3) is 0 Å². The van der Waals surface area contributed by atoms with Crippen molar-refractivity contribution in [2.24, 2.45) is 7.05 Å². The molecule has 0 radical (unpaired) electrons. The van der Waals surface area contributed by atoms with E-state index >= 15 is 0 Å². The molecule has 0 aliphatic carbocycles. The van der Waals surface area contributed by atoms with Crippen molar-refractivity contribution in [3.05, 3.63) is 35.9 Å². The maximum atomic E-state index is 12.7. The second-order valence-electron chi connectivity index (χ2n) is 5.43. The molecule has 1 saturated heterocycles. The van der Waals surface area contributed by atoms with Gasteiger partial charge < -0.3 is 9.32 Å². The van der Waals surface area contributed by atoms with Gasteiger partial charge in [-0.05, 0) is 32.0 Å². The minimum absolute atomic E-state index is 0.0228. The van der Waals surface area contributed by atoms with E-state index < -0.39 is 10.0 Å². The lowest BCUT2D eigenvalue weighted by atomic mass is 10.1. The molecule has 1 N–H and O–H groups in total. The maximum absolute atomic E-state index is 12.7. The number of hydrogen-bond acceptors (Lipinski definition) is 5. The minimum Gasteiger partial charge on any atom is -0.438 e. The van der Waals surface area contributed by atoms with Crippen LogP contribution in [0, 0.1) is 0 Å². The largest absolute Gasteiger partial charge is 0.438 e. The zero-order valence-electron chi connectivity index (χ0n) is 12.9. The highest BCUT2D eigenvalue weighted by Gasteiger charge is 2.33. The molecule has 23 heavy (non-hydrogen) atoms. The van der Waals surface area contributed by atoms with E-state index in [2.05, 4.69) is 9.82 Å². The highest BCUT2D eigenvalue weighted by molar-refractivity contribution is 7.89. The molecule has 0 saturated carbocycles. The Morgan fingerprint density at radius 3 is 2.87 bits per heavy atom. The molecule has 0 bridgehead atoms. The number of carbonyl (C=O) groups is 1. The van der Waals surface area contributed by atoms with E-state index in [1.807, 2.05) is 13.2 Å². The van der Waals surface area contributed by atoms with E-state index in [1.165, 1.54) is 19.2 Å². The van der Waals surface area contributed by atoms with E-state index in [0.717, 1.165) is 18.4 Å². The number of hydrogen-bond donors (Lipinski definition) is 1. The molecule has 9 heteroatoms. The first-order valence-electron chi connectivity index (χ1n) is 7.25. The molecule has 1 aliphatic rings. The van der Waals surface area contributed by atoms with Crippen molar-refractivity contribution in [3.63, 3.8) is 0 Å². The lowest BCUT2D eigenvalue weighted by molar-refractivity contribution is 0.0697. The van der Waals surface area contributed by atoms with E-state index in [-0.39, 0.29) is 22.8 Å². The van der Waals surface area contributed by atoms with Gasteiger partial charge in [0.2, 0.25) is 5.09 Å². The standard InChI is InChI=1S/C14H18N4O4S/c1-15-23(20,21)13-6-5-12(22-13)14(19)18-7-3-4-11(18)10-8-16-17(2)9-10/h5-6,8-9,11,15H,3-4,7H2,1-2H3. The topological polar surface area (TPSA) is 97.4 Å². The monoisotopic (exact) mass is 338 g/mol. The molecule has 2 aromatic rings. The first-order chi connectivity index (χ1) is 10.9. The third-order valence-electron chi connectivity index (χ3n) is 3.95. The van der Waals surface area contributed by atoms with Crippen molar-refractivity contribution in [2.75, 3.05) is 13.6 Å². The normalized spacial score (nSPS) is 18.5. The summed E-state index contributed by atoms with van der Waals surface area (Å²) >= 11 is 0. The van der Waals surface area contributed by atoms with Gasteiger partial charge in [0.1, 0.15) is 0 Å². The Hall–Kier alpha value is -2.13. The van der Waals surface area contributed by atoms with Crippen LogP contribution >= 0.6 is 0 Å². The van der Waals surface area contributed by atoms with Crippen molar-refractivity contribution >= 4 is 15.9 Å². The minimum atomic E-state index is -3.70. The number of sulfonamides is 1. The number of likely N-dealkylation sites (tertiary alicyclic amines) is 1. The van der Waals surface area contributed by atoms with Gasteiger partial charge in [0.25, 0.3) is 15.9 Å². The Morgan fingerprint density at radius 2 is 2.22 bits per heavy atom. The molecule has 1 unspecified atom stereocenters. The highest BCUT2D eigenvalue weighted by atomic mass is 32.2. The molecular formula is C14H18N4O4S. The van der Waals surface area contributed by atoms with Crippen LogP contribution in [-0.4, -0.2) is 42.6 Å². The fraction of sp³-hybridized carbons (Fsp3) is 0.429. The number of rotatable bonds is 4. The van der Waals surface area contributed by atoms with Crippen molar-refractivity contribution in [1.82, 2.24) is 19.4 Å². The zero-order chi connectivity index (χ0) is 16.6. The lowest BCUT2D eigenvalue weighted by Gasteiger charge is -2.22. The summed E-state index contributed by atoms with van der Waals surface area (Å²) in [7, 11) is -0.582. The van der Waals surface area contributed by atoms with E-state index in [1.54, 1.807) is 15.8 Å². The van der Waals surface area contributed by atoms with Crippen molar-refractivity contribution in [1.29, 1.82) is 0 Å². The Balaban J connectivity index is 1.85. The predicted octanol–water partition coefficient (Wildman–Crippen LogP) is 0.898. The van der Waals surface area contributed by atoms with Crippen LogP contribution in [0.1, 0.15) is 35.0 Å². The Morgan fingerprint density at radius 1 is 1.43 bits per heavy atom. The fourth-order valence-corrected chi connectivity index (χ4v) is 3.44. The number of aryl methyl sites for hydroxylation is 1. The number of nitrogens with zero attached hydrogens (tertiary/aromatic N) is 3. The molecule has 124 valence electrons. The number of nitrogens with one attached hydrogen (secondary N) is 1. The molecule has 3 rings (SSSR count). The summed E-state index contributed by atoms with van der Waals surface area (Å²) in [6.45, 7) is 0.604. The average Bonchev–Trinajstić information content (AvgIpc) is 3.26. The second-order valence-corrected chi connectivity index (χ2v) is 7.25. The Bertz CT molecular complexity index is 823. The molecule has 2 aromatic heterocycles. The summed E-state index contributed by atoms with van der Waals surface area (Å²) < 4.78 is 32.5. The van der Waals surface area contributed by atoms with Gasteiger partial charge >= 0.3 is 0 Å². The van der Waals surface area contributed by atoms with Gasteiger partial charge in [-0.1, -0.05) is 0 Å². The second kappa shape index (κ2) is 5.82. The predicted molar refractivity (Wildman–Crippen MR) is 81.2 cm³/mol. The van der Waals surface area contributed by atoms with Crippen LogP contribution in [0.4, 0.5) is 0 Å². The van der Waals surface area contributed by atoms with Crippen molar-refractivity contribution < 1.29 is 17.6 Å². The number of furan rings is 1. The van der Waals surface area contributed by atoms with Gasteiger partial charge in [0.05, 0.1) is 12.2 Å². The van der Waals surface area contributed by atoms with E-state index in [9.17, 15) is 13.2 Å². The maximum Gasteiger partial charge on any atom is 0.290 e. The molecule has 0 aromatic carbocycles. The smallest absolute Gasteiger partial charge is 0.290 e. The van der Waals surface area contributed by atoms with E-state index in [4.69, 9.17) is 4.42 Å². The summed E-state index contributed by atoms with van der Waals surface area (Å²) in [6.07, 6.45) is 5.36. The summed E-state index contributed by atoms with van der Waals surface area (Å²) in [5.41, 5.74) is 0.966. The first kappa shape index (κ1) is 15.8. The summed E-state index contributed by atoms with van der Waals surface area (Å²) in [4.78, 5) is 14.4. The van der Waals surface area contributed by atoms with Gasteiger partial charge in [-0.25, -0.2) is 13.1 Å². The lowest BCUT2D eigenvalue weighted by Crippen LogP contribution is -2.30. The van der Waals surface area contributed by atoms with Crippen molar-refractivity contribution in [3.8, 4) is 0 Å². The van der Waals surface area contributed by atoms with Crippen molar-refractivity contribution in [2.45, 2.75) is 24.0 Å². The molecule has 1 amide bonds. The SMILES string of the molecule is CNS(=O)(=O)c1ccc(C(=O)N2CCCC2c2cnn(C)c2)o1. The Kier molecular flexibility index (Phi) is 3.99. The molecule has 3 heterocycles. The summed E-state index contributed by atoms with van der Waals surface area (Å²) in [5.74, 6) is -0.288. The quantitative estimate of drug-likeness (QED) is 0.893. The van der Waals surface area contributed by atoms with Crippen LogP contribution in [0.5, 0.6) is 0 Å². The third-order valence-corrected chi connectivity index (χ3v) is 5.24. The third kappa shape index (κ3) is 2.89. The fourth-order valence-electron chi connectivity index (χ4n) is 2.79. The molecular weight excluding hydrogens is 320 g/mol. The first-order valence-corrected chi connectivity index (χ1v) is 8.73. The van der Waals surface area contributed by atoms with Gasteiger partial charge in [-0.2, -0.15) is 5.10 Å². The molecule has 1 fully saturated rings. The summed E-state index contributed by atoms with van der Waals surface area (Å²) in [5, 5.41) is 3.88. The van der Waals surface area contributed by atoms with Gasteiger partial charge in [-0.3, -0.25) is 9.48 Å². The zero-order valence-corrected chi connectivity index (χ0v) is 13.7. The van der Waals surface area contributed by atoms with E-state index in [0.29, 0.717) is 6.54 Å². The average molecular weight is 338 g/mol. The van der Waals surface area contributed by atoms with Gasteiger partial charge in [0.15, 0.2) is 5.76 Å². The van der Waals surface area contributed by atoms with Crippen LogP contribution < -0.4 is 4.72 Å². The highest BCUT2D eigenvalue weighted by Crippen LogP contribution is 2.33. The van der Waals surface area contributed by atoms with Gasteiger partial charge in [0, 0.05) is 25.4 Å². The molecule has 1 atom stereocenters. The van der Waals surface area contributed by atoms with Crippen LogP contribution in [0.2, 0.25) is 0 Å². The molecule has 8 nitrogen and oxygen atoms in total. The van der Waals surface area contributed by atoms with Crippen LogP contribution in [-0.2, 0) is 17.1 Å². The van der Waals surface area contributed by atoms with Crippen LogP contribution in [0.15, 0.2) is 34.0 Å². The molecule has 1 aliphatic heterocycles. The number of aromatic nitrogens is 2. The van der Waals surface area contributed by atoms with Crippen LogP contribution in [0.3, 0.4) is 0 Å². The molecule has 0 spiro atoms. The van der Waals surface area contributed by atoms with Gasteiger partial charge in [-0.15, -0.1) is 0 Å². The Labute approximate surface area is 134 Å². The summed E-state index contributed by atoms with van der Waals surface area (Å²) in [6, 6.07) is 2.62.